The molecule has 1 fully saturated rings. The van der Waals surface area contributed by atoms with Crippen LogP contribution in [0.3, 0.4) is 0 Å². The van der Waals surface area contributed by atoms with Crippen molar-refractivity contribution in [1.29, 1.82) is 0 Å². The van der Waals surface area contributed by atoms with Gasteiger partial charge < -0.3 is 10.5 Å². The first-order valence-corrected chi connectivity index (χ1v) is 10.1. The summed E-state index contributed by atoms with van der Waals surface area (Å²) in [4.78, 5) is 9.18. The number of aliphatic imine (C=N–C) groups is 2. The van der Waals surface area contributed by atoms with Gasteiger partial charge in [-0.3, -0.25) is 9.98 Å². The Morgan fingerprint density at radius 3 is 2.67 bits per heavy atom. The van der Waals surface area contributed by atoms with Gasteiger partial charge in [-0.15, -0.1) is 0 Å². The maximum absolute atomic E-state index is 6.10. The predicted octanol–water partition coefficient (Wildman–Crippen LogP) is 3.90. The van der Waals surface area contributed by atoms with Gasteiger partial charge in [0.05, 0.1) is 18.4 Å². The Morgan fingerprint density at radius 2 is 1.89 bits per heavy atom. The summed E-state index contributed by atoms with van der Waals surface area (Å²) in [5.74, 6) is 7.84. The first-order valence-electron chi connectivity index (χ1n) is 10.1. The van der Waals surface area contributed by atoms with Crippen molar-refractivity contribution in [1.82, 2.24) is 0 Å². The molecule has 0 amide bonds. The number of aryl methyl sites for hydroxylation is 1. The number of benzene rings is 1. The summed E-state index contributed by atoms with van der Waals surface area (Å²) in [7, 11) is 1.81. The van der Waals surface area contributed by atoms with E-state index >= 15 is 0 Å². The topological polar surface area (TPSA) is 60.0 Å². The van der Waals surface area contributed by atoms with E-state index in [1.54, 1.807) is 7.11 Å². The van der Waals surface area contributed by atoms with E-state index in [-0.39, 0.29) is 0 Å². The molecule has 1 aliphatic carbocycles. The fourth-order valence-corrected chi connectivity index (χ4v) is 3.33. The fourth-order valence-electron chi connectivity index (χ4n) is 3.33. The Morgan fingerprint density at radius 1 is 1.07 bits per heavy atom. The van der Waals surface area contributed by atoms with Crippen LogP contribution in [0.4, 0.5) is 0 Å². The van der Waals surface area contributed by atoms with Gasteiger partial charge in [-0.25, -0.2) is 0 Å². The fraction of sp³-hybridized carbons (Fsp3) is 0.565. The molecule has 0 radical (unpaired) electrons. The lowest BCUT2D eigenvalue weighted by molar-refractivity contribution is 0.0851. The summed E-state index contributed by atoms with van der Waals surface area (Å²) >= 11 is 0. The number of rotatable bonds is 1. The summed E-state index contributed by atoms with van der Waals surface area (Å²) in [6.07, 6.45) is 8.04. The lowest BCUT2D eigenvalue weighted by atomic mass is 9.97. The molecule has 0 saturated heterocycles. The summed E-state index contributed by atoms with van der Waals surface area (Å²) in [6.45, 7) is 3.30. The molecule has 1 aromatic rings. The molecule has 1 aromatic carbocycles. The highest BCUT2D eigenvalue weighted by Crippen LogP contribution is 2.27. The van der Waals surface area contributed by atoms with Gasteiger partial charge in [0.1, 0.15) is 5.84 Å². The maximum atomic E-state index is 6.10. The van der Waals surface area contributed by atoms with Crippen molar-refractivity contribution in [3.63, 3.8) is 0 Å². The highest BCUT2D eigenvalue weighted by molar-refractivity contribution is 6.39. The van der Waals surface area contributed by atoms with E-state index in [4.69, 9.17) is 15.5 Å². The van der Waals surface area contributed by atoms with Gasteiger partial charge in [-0.05, 0) is 75.1 Å². The molecule has 1 aliphatic heterocycles. The van der Waals surface area contributed by atoms with Gasteiger partial charge in [0.2, 0.25) is 0 Å². The van der Waals surface area contributed by atoms with Crippen molar-refractivity contribution in [2.24, 2.45) is 21.6 Å². The van der Waals surface area contributed by atoms with Crippen molar-refractivity contribution in [3.05, 3.63) is 34.9 Å². The third-order valence-electron chi connectivity index (χ3n) is 5.33. The lowest BCUT2D eigenvalue weighted by Crippen LogP contribution is -2.22. The molecule has 0 unspecified atom stereocenters. The largest absolute Gasteiger partial charge is 0.383 e. The number of ether oxygens (including phenoxy) is 1. The van der Waals surface area contributed by atoms with E-state index in [0.29, 0.717) is 24.4 Å². The number of hydrogen-bond donors (Lipinski definition) is 1. The second-order valence-electron chi connectivity index (χ2n) is 7.59. The molecule has 2 aliphatic rings. The molecule has 2 N–H and O–H groups in total. The van der Waals surface area contributed by atoms with Crippen molar-refractivity contribution < 1.29 is 4.74 Å². The summed E-state index contributed by atoms with van der Waals surface area (Å²) in [5.41, 5.74) is 10.6. The summed E-state index contributed by atoms with van der Waals surface area (Å²) in [6, 6.07) is 6.58. The van der Waals surface area contributed by atoms with Gasteiger partial charge >= 0.3 is 0 Å². The summed E-state index contributed by atoms with van der Waals surface area (Å²) < 4.78 is 5.64. The monoisotopic (exact) mass is 365 g/mol. The molecular weight excluding hydrogens is 334 g/mol. The maximum Gasteiger partial charge on any atom is 0.139 e. The Labute approximate surface area is 163 Å². The Balaban J connectivity index is 1.84. The first kappa shape index (κ1) is 19.6. The van der Waals surface area contributed by atoms with Crippen molar-refractivity contribution in [3.8, 4) is 11.8 Å². The van der Waals surface area contributed by atoms with Crippen LogP contribution in [0.2, 0.25) is 0 Å². The van der Waals surface area contributed by atoms with E-state index in [1.165, 1.54) is 24.0 Å². The van der Waals surface area contributed by atoms with Gasteiger partial charge in [0.25, 0.3) is 0 Å². The molecule has 0 bridgehead atoms. The Kier molecular flexibility index (Phi) is 7.06. The number of nitrogens with zero attached hydrogens (tertiary/aromatic N) is 2. The highest BCUT2D eigenvalue weighted by Gasteiger charge is 2.17. The number of amidine groups is 1. The van der Waals surface area contributed by atoms with Gasteiger partial charge in [-0.2, -0.15) is 0 Å². The van der Waals surface area contributed by atoms with Crippen molar-refractivity contribution in [2.45, 2.75) is 64.5 Å². The summed E-state index contributed by atoms with van der Waals surface area (Å²) in [5, 5.41) is 0. The normalized spacial score (nSPS) is 25.6. The van der Waals surface area contributed by atoms with E-state index < -0.39 is 0 Å². The Hall–Kier alpha value is -2.12. The molecule has 3 rings (SSSR count). The van der Waals surface area contributed by atoms with E-state index in [2.05, 4.69) is 35.0 Å². The molecule has 1 saturated carbocycles. The molecule has 27 heavy (non-hydrogen) atoms. The third kappa shape index (κ3) is 6.22. The molecule has 1 atom stereocenters. The third-order valence-corrected chi connectivity index (χ3v) is 5.33. The predicted molar refractivity (Wildman–Crippen MR) is 112 cm³/mol. The zero-order chi connectivity index (χ0) is 19.1. The molecule has 4 nitrogen and oxygen atoms in total. The van der Waals surface area contributed by atoms with E-state index in [0.717, 1.165) is 49.9 Å². The SMILES string of the molecule is CO[C@@H]1CCC/N=C(N)\C(C)=N/Cc2cc(C#CC3CC3)ccc2CCC1. The van der Waals surface area contributed by atoms with Crippen LogP contribution in [0.1, 0.15) is 62.1 Å². The van der Waals surface area contributed by atoms with Crippen molar-refractivity contribution >= 4 is 11.5 Å². The minimum atomic E-state index is 0.297. The minimum absolute atomic E-state index is 0.297. The van der Waals surface area contributed by atoms with Crippen LogP contribution in [0.5, 0.6) is 0 Å². The van der Waals surface area contributed by atoms with E-state index in [9.17, 15) is 0 Å². The van der Waals surface area contributed by atoms with Crippen molar-refractivity contribution in [2.75, 3.05) is 13.7 Å². The van der Waals surface area contributed by atoms with Crippen LogP contribution in [0, 0.1) is 17.8 Å². The number of nitrogens with two attached hydrogens (primary N) is 1. The minimum Gasteiger partial charge on any atom is -0.383 e. The second-order valence-corrected chi connectivity index (χ2v) is 7.59. The van der Waals surface area contributed by atoms with Crippen LogP contribution < -0.4 is 5.73 Å². The van der Waals surface area contributed by atoms with Crippen LogP contribution in [-0.4, -0.2) is 31.3 Å². The molecule has 144 valence electrons. The smallest absolute Gasteiger partial charge is 0.139 e. The average Bonchev–Trinajstić information content (AvgIpc) is 3.50. The van der Waals surface area contributed by atoms with E-state index in [1.807, 2.05) is 6.92 Å². The molecule has 0 spiro atoms. The lowest BCUT2D eigenvalue weighted by Gasteiger charge is -2.16. The average molecular weight is 366 g/mol. The van der Waals surface area contributed by atoms with Gasteiger partial charge in [0.15, 0.2) is 0 Å². The van der Waals surface area contributed by atoms with Crippen LogP contribution in [0.25, 0.3) is 0 Å². The number of methoxy groups -OCH3 is 1. The molecular formula is C23H31N3O. The first-order chi connectivity index (χ1) is 13.2. The Bertz CT molecular complexity index is 766. The highest BCUT2D eigenvalue weighted by atomic mass is 16.5. The number of hydrogen-bond acceptors (Lipinski definition) is 4. The van der Waals surface area contributed by atoms with Gasteiger partial charge in [0, 0.05) is 25.1 Å². The van der Waals surface area contributed by atoms with Crippen LogP contribution >= 0.6 is 0 Å². The van der Waals surface area contributed by atoms with Gasteiger partial charge in [-0.1, -0.05) is 17.9 Å². The number of fused-ring (bicyclic) bond motifs is 1. The zero-order valence-corrected chi connectivity index (χ0v) is 16.6. The standard InChI is InChI=1S/C23H31N3O/c1-17-23(24)25-14-4-7-22(27-2)6-3-5-20-13-12-19(11-10-18-8-9-18)15-21(20)16-26-17/h12-13,15,18,22H,3-9,14,16H2,1-2H3,(H2,24,25)/b26-17-/t22-/m0/s1. The molecule has 0 aromatic heterocycles. The molecule has 4 heteroatoms. The van der Waals surface area contributed by atoms with Crippen LogP contribution in [0.15, 0.2) is 28.2 Å². The quantitative estimate of drug-likeness (QED) is 0.767. The molecule has 1 heterocycles. The zero-order valence-electron chi connectivity index (χ0n) is 16.6. The van der Waals surface area contributed by atoms with Crippen LogP contribution in [-0.2, 0) is 17.7 Å². The second kappa shape index (κ2) is 9.71.